The van der Waals surface area contributed by atoms with Gasteiger partial charge in [-0.2, -0.15) is 0 Å². The van der Waals surface area contributed by atoms with E-state index in [1.807, 2.05) is 5.32 Å². The Kier molecular flexibility index (Phi) is 7.07. The molecule has 0 fully saturated rings. The van der Waals surface area contributed by atoms with Gasteiger partial charge in [0.1, 0.15) is 11.6 Å². The third-order valence-corrected chi connectivity index (χ3v) is 3.23. The molecule has 140 valence electrons. The van der Waals surface area contributed by atoms with E-state index < -0.39 is 30.3 Å². The van der Waals surface area contributed by atoms with Gasteiger partial charge in [-0.3, -0.25) is 10.1 Å². The summed E-state index contributed by atoms with van der Waals surface area (Å²) < 4.78 is 23.2. The summed E-state index contributed by atoms with van der Waals surface area (Å²) in [6.45, 7) is -0.661. The second-order valence-corrected chi connectivity index (χ2v) is 5.20. The van der Waals surface area contributed by atoms with Crippen LogP contribution in [0.1, 0.15) is 5.56 Å². The number of ether oxygens (including phenoxy) is 2. The molecule has 2 rings (SSSR count). The van der Waals surface area contributed by atoms with Crippen molar-refractivity contribution in [1.29, 1.82) is 0 Å². The molecule has 27 heavy (non-hydrogen) atoms. The Balaban J connectivity index is 1.77. The molecular formula is C19H17FN2O5. The number of nitrogens with one attached hydrogen (secondary N) is 2. The number of carbonyl (C=O) groups is 3. The fourth-order valence-electron chi connectivity index (χ4n) is 1.97. The summed E-state index contributed by atoms with van der Waals surface area (Å²) in [6, 6.07) is 11.5. The lowest BCUT2D eigenvalue weighted by Gasteiger charge is -2.07. The first-order valence-corrected chi connectivity index (χ1v) is 7.82. The van der Waals surface area contributed by atoms with Crippen LogP contribution in [-0.4, -0.2) is 31.6 Å². The molecule has 0 saturated heterocycles. The number of amides is 3. The van der Waals surface area contributed by atoms with Crippen molar-refractivity contribution in [1.82, 2.24) is 5.32 Å². The molecule has 0 aliphatic carbocycles. The van der Waals surface area contributed by atoms with E-state index in [4.69, 9.17) is 9.47 Å². The zero-order valence-corrected chi connectivity index (χ0v) is 14.4. The maximum absolute atomic E-state index is 13.4. The average Bonchev–Trinajstić information content (AvgIpc) is 2.66. The Morgan fingerprint density at radius 1 is 1.11 bits per heavy atom. The number of carbonyl (C=O) groups excluding carboxylic acids is 3. The van der Waals surface area contributed by atoms with Gasteiger partial charge < -0.3 is 14.8 Å². The van der Waals surface area contributed by atoms with Crippen LogP contribution in [0.4, 0.5) is 14.9 Å². The van der Waals surface area contributed by atoms with Gasteiger partial charge in [0.25, 0.3) is 5.91 Å². The summed E-state index contributed by atoms with van der Waals surface area (Å²) in [7, 11) is 1.53. The Morgan fingerprint density at radius 2 is 1.89 bits per heavy atom. The topological polar surface area (TPSA) is 93.7 Å². The standard InChI is InChI=1S/C19H17FN2O5/c1-26-14-6-4-5-13(11-14)9-10-18(24)27-12-17(23)22-19(25)21-16-8-3-2-7-15(16)20/h2-11H,12H2,1H3,(H2,21,22,23,25)/b10-9+. The number of hydrogen-bond acceptors (Lipinski definition) is 5. The van der Waals surface area contributed by atoms with E-state index in [1.165, 1.54) is 31.4 Å². The second-order valence-electron chi connectivity index (χ2n) is 5.20. The van der Waals surface area contributed by atoms with Crippen molar-refractivity contribution in [3.8, 4) is 5.75 Å². The van der Waals surface area contributed by atoms with Gasteiger partial charge in [0, 0.05) is 6.08 Å². The number of imide groups is 1. The molecule has 0 atom stereocenters. The summed E-state index contributed by atoms with van der Waals surface area (Å²) in [6.07, 6.45) is 2.63. The second kappa shape index (κ2) is 9.71. The molecule has 0 saturated carbocycles. The molecule has 7 nitrogen and oxygen atoms in total. The van der Waals surface area contributed by atoms with E-state index in [0.717, 1.165) is 12.1 Å². The van der Waals surface area contributed by atoms with Crippen molar-refractivity contribution in [2.75, 3.05) is 19.0 Å². The van der Waals surface area contributed by atoms with E-state index in [1.54, 1.807) is 24.3 Å². The van der Waals surface area contributed by atoms with Crippen LogP contribution in [0, 0.1) is 5.82 Å². The first kappa shape index (κ1) is 19.6. The van der Waals surface area contributed by atoms with Crippen LogP contribution >= 0.6 is 0 Å². The van der Waals surface area contributed by atoms with Crippen LogP contribution in [0.25, 0.3) is 6.08 Å². The number of hydrogen-bond donors (Lipinski definition) is 2. The average molecular weight is 372 g/mol. The molecule has 2 N–H and O–H groups in total. The van der Waals surface area contributed by atoms with Gasteiger partial charge in [-0.1, -0.05) is 24.3 Å². The lowest BCUT2D eigenvalue weighted by Crippen LogP contribution is -2.37. The predicted octanol–water partition coefficient (Wildman–Crippen LogP) is 2.74. The maximum Gasteiger partial charge on any atom is 0.331 e. The van der Waals surface area contributed by atoms with Gasteiger partial charge >= 0.3 is 12.0 Å². The lowest BCUT2D eigenvalue weighted by molar-refractivity contribution is -0.143. The molecule has 3 amide bonds. The van der Waals surface area contributed by atoms with E-state index in [9.17, 15) is 18.8 Å². The van der Waals surface area contributed by atoms with Crippen LogP contribution in [0.15, 0.2) is 54.6 Å². The normalized spacial score (nSPS) is 10.3. The number of para-hydroxylation sites is 1. The van der Waals surface area contributed by atoms with Crippen molar-refractivity contribution in [2.24, 2.45) is 0 Å². The minimum absolute atomic E-state index is 0.0824. The van der Waals surface area contributed by atoms with Gasteiger partial charge in [-0.25, -0.2) is 14.0 Å². The Labute approximate surface area is 154 Å². The Hall–Kier alpha value is -3.68. The largest absolute Gasteiger partial charge is 0.497 e. The zero-order valence-electron chi connectivity index (χ0n) is 14.4. The van der Waals surface area contributed by atoms with Crippen LogP contribution in [0.2, 0.25) is 0 Å². The Bertz CT molecular complexity index is 867. The summed E-state index contributed by atoms with van der Waals surface area (Å²) in [4.78, 5) is 34.8. The zero-order chi connectivity index (χ0) is 19.6. The van der Waals surface area contributed by atoms with Gasteiger partial charge in [-0.05, 0) is 35.9 Å². The molecule has 0 unspecified atom stereocenters. The predicted molar refractivity (Wildman–Crippen MR) is 96.5 cm³/mol. The van der Waals surface area contributed by atoms with E-state index in [2.05, 4.69) is 5.32 Å². The summed E-state index contributed by atoms with van der Waals surface area (Å²) in [5, 5.41) is 4.10. The molecule has 2 aromatic rings. The van der Waals surface area contributed by atoms with Gasteiger partial charge in [0.2, 0.25) is 0 Å². The number of halogens is 1. The Morgan fingerprint density at radius 3 is 2.63 bits per heavy atom. The van der Waals surface area contributed by atoms with Crippen molar-refractivity contribution in [2.45, 2.75) is 0 Å². The van der Waals surface area contributed by atoms with Crippen molar-refractivity contribution in [3.05, 3.63) is 66.0 Å². The van der Waals surface area contributed by atoms with Crippen molar-refractivity contribution >= 4 is 29.7 Å². The molecule has 8 heteroatoms. The number of urea groups is 1. The van der Waals surface area contributed by atoms with E-state index in [-0.39, 0.29) is 5.69 Å². The number of methoxy groups -OCH3 is 1. The smallest absolute Gasteiger partial charge is 0.331 e. The summed E-state index contributed by atoms with van der Waals surface area (Å²) in [5.41, 5.74) is 0.626. The highest BCUT2D eigenvalue weighted by Crippen LogP contribution is 2.13. The fraction of sp³-hybridized carbons (Fsp3) is 0.105. The molecule has 0 aliphatic heterocycles. The van der Waals surface area contributed by atoms with Gasteiger partial charge in [0.05, 0.1) is 12.8 Å². The minimum atomic E-state index is -0.937. The molecule has 0 bridgehead atoms. The maximum atomic E-state index is 13.4. The number of rotatable bonds is 6. The monoisotopic (exact) mass is 372 g/mol. The number of esters is 1. The molecule has 0 aromatic heterocycles. The van der Waals surface area contributed by atoms with Crippen LogP contribution in [0.5, 0.6) is 5.75 Å². The molecular weight excluding hydrogens is 355 g/mol. The highest BCUT2D eigenvalue weighted by atomic mass is 19.1. The van der Waals surface area contributed by atoms with E-state index in [0.29, 0.717) is 11.3 Å². The third-order valence-electron chi connectivity index (χ3n) is 3.23. The fourth-order valence-corrected chi connectivity index (χ4v) is 1.97. The summed E-state index contributed by atoms with van der Waals surface area (Å²) in [5.74, 6) is -1.63. The van der Waals surface area contributed by atoms with Crippen molar-refractivity contribution < 1.29 is 28.2 Å². The summed E-state index contributed by atoms with van der Waals surface area (Å²) >= 11 is 0. The number of anilines is 1. The molecule has 0 radical (unpaired) electrons. The minimum Gasteiger partial charge on any atom is -0.497 e. The number of benzene rings is 2. The first-order valence-electron chi connectivity index (χ1n) is 7.82. The third kappa shape index (κ3) is 6.62. The first-order chi connectivity index (χ1) is 13.0. The van der Waals surface area contributed by atoms with E-state index >= 15 is 0 Å². The van der Waals surface area contributed by atoms with Gasteiger partial charge in [-0.15, -0.1) is 0 Å². The highest BCUT2D eigenvalue weighted by Gasteiger charge is 2.11. The van der Waals surface area contributed by atoms with Crippen LogP contribution < -0.4 is 15.4 Å². The lowest BCUT2D eigenvalue weighted by atomic mass is 10.2. The molecule has 0 heterocycles. The quantitative estimate of drug-likeness (QED) is 0.601. The van der Waals surface area contributed by atoms with Crippen LogP contribution in [-0.2, 0) is 14.3 Å². The van der Waals surface area contributed by atoms with Crippen molar-refractivity contribution in [3.63, 3.8) is 0 Å². The van der Waals surface area contributed by atoms with Gasteiger partial charge in [0.15, 0.2) is 6.61 Å². The molecule has 0 aliphatic rings. The highest BCUT2D eigenvalue weighted by molar-refractivity contribution is 6.02. The molecule has 2 aromatic carbocycles. The van der Waals surface area contributed by atoms with Crippen LogP contribution in [0.3, 0.4) is 0 Å². The SMILES string of the molecule is COc1cccc(/C=C/C(=O)OCC(=O)NC(=O)Nc2ccccc2F)c1. The molecule has 0 spiro atoms.